The van der Waals surface area contributed by atoms with E-state index in [2.05, 4.69) is 5.32 Å². The first-order valence-electron chi connectivity index (χ1n) is 5.18. The quantitative estimate of drug-likeness (QED) is 0.623. The van der Waals surface area contributed by atoms with Crippen LogP contribution in [0.15, 0.2) is 23.1 Å². The number of amides is 1. The number of nitrogens with two attached hydrogens (primary N) is 1. The molecule has 18 heavy (non-hydrogen) atoms. The highest BCUT2D eigenvalue weighted by molar-refractivity contribution is 8.00. The zero-order valence-corrected chi connectivity index (χ0v) is 12.8. The molecule has 0 saturated heterocycles. The van der Waals surface area contributed by atoms with E-state index in [0.29, 0.717) is 28.9 Å². The molecule has 0 aliphatic rings. The molecule has 1 aromatic rings. The number of hydrogen-bond donors (Lipinski definition) is 2. The monoisotopic (exact) mass is 328 g/mol. The molecular formula is C11H15Cl3N2OS. The molecule has 0 spiro atoms. The zero-order chi connectivity index (χ0) is 12.7. The van der Waals surface area contributed by atoms with Crippen molar-refractivity contribution in [2.75, 3.05) is 18.8 Å². The van der Waals surface area contributed by atoms with Crippen molar-refractivity contribution in [2.45, 2.75) is 11.3 Å². The smallest absolute Gasteiger partial charge is 0.230 e. The summed E-state index contributed by atoms with van der Waals surface area (Å²) in [5, 5.41) is 3.99. The van der Waals surface area contributed by atoms with E-state index >= 15 is 0 Å². The predicted octanol–water partition coefficient (Wildman–Crippen LogP) is 2.97. The molecule has 1 amide bonds. The fourth-order valence-electron chi connectivity index (χ4n) is 1.11. The third kappa shape index (κ3) is 6.71. The third-order valence-corrected chi connectivity index (χ3v) is 3.69. The Kier molecular flexibility index (Phi) is 9.68. The maximum absolute atomic E-state index is 11.4. The lowest BCUT2D eigenvalue weighted by atomic mass is 10.4. The van der Waals surface area contributed by atoms with Crippen LogP contribution in [0.2, 0.25) is 10.0 Å². The molecule has 3 N–H and O–H groups in total. The molecule has 1 aromatic carbocycles. The van der Waals surface area contributed by atoms with Gasteiger partial charge >= 0.3 is 0 Å². The van der Waals surface area contributed by atoms with Crippen molar-refractivity contribution in [3.05, 3.63) is 28.2 Å². The number of nitrogens with one attached hydrogen (secondary N) is 1. The molecule has 0 heterocycles. The summed E-state index contributed by atoms with van der Waals surface area (Å²) in [6.07, 6.45) is 0.786. The van der Waals surface area contributed by atoms with Gasteiger partial charge in [-0.1, -0.05) is 23.2 Å². The van der Waals surface area contributed by atoms with Gasteiger partial charge < -0.3 is 11.1 Å². The molecule has 1 rings (SSSR count). The summed E-state index contributed by atoms with van der Waals surface area (Å²) in [4.78, 5) is 12.3. The summed E-state index contributed by atoms with van der Waals surface area (Å²) < 4.78 is 0. The molecule has 0 saturated carbocycles. The van der Waals surface area contributed by atoms with Crippen LogP contribution < -0.4 is 11.1 Å². The second-order valence-electron chi connectivity index (χ2n) is 3.36. The van der Waals surface area contributed by atoms with Gasteiger partial charge in [0.05, 0.1) is 10.8 Å². The molecule has 0 unspecified atom stereocenters. The summed E-state index contributed by atoms with van der Waals surface area (Å²) in [7, 11) is 0. The second-order valence-corrected chi connectivity index (χ2v) is 5.22. The van der Waals surface area contributed by atoms with Gasteiger partial charge in [0.25, 0.3) is 0 Å². The number of halogens is 3. The Balaban J connectivity index is 0.00000289. The zero-order valence-electron chi connectivity index (χ0n) is 9.62. The van der Waals surface area contributed by atoms with Crippen molar-refractivity contribution >= 4 is 53.3 Å². The second kappa shape index (κ2) is 9.75. The molecule has 102 valence electrons. The Morgan fingerprint density at radius 3 is 2.78 bits per heavy atom. The highest BCUT2D eigenvalue weighted by Gasteiger charge is 2.06. The lowest BCUT2D eigenvalue weighted by Gasteiger charge is -2.06. The predicted molar refractivity (Wildman–Crippen MR) is 81.1 cm³/mol. The van der Waals surface area contributed by atoms with E-state index < -0.39 is 0 Å². The molecule has 3 nitrogen and oxygen atoms in total. The molecule has 0 aromatic heterocycles. The summed E-state index contributed by atoms with van der Waals surface area (Å²) in [6, 6.07) is 5.19. The lowest BCUT2D eigenvalue weighted by Crippen LogP contribution is -2.27. The van der Waals surface area contributed by atoms with Crippen molar-refractivity contribution in [1.29, 1.82) is 0 Å². The minimum absolute atomic E-state index is 0. The van der Waals surface area contributed by atoms with Gasteiger partial charge in [-0.3, -0.25) is 4.79 Å². The average Bonchev–Trinajstić information content (AvgIpc) is 2.31. The first-order valence-corrected chi connectivity index (χ1v) is 6.92. The first-order chi connectivity index (χ1) is 8.13. The average molecular weight is 330 g/mol. The van der Waals surface area contributed by atoms with Crippen LogP contribution in [-0.4, -0.2) is 24.7 Å². The van der Waals surface area contributed by atoms with Gasteiger partial charge in [-0.05, 0) is 31.2 Å². The van der Waals surface area contributed by atoms with Gasteiger partial charge in [0.2, 0.25) is 5.91 Å². The topological polar surface area (TPSA) is 55.1 Å². The largest absolute Gasteiger partial charge is 0.355 e. The van der Waals surface area contributed by atoms with E-state index in [1.165, 1.54) is 11.8 Å². The van der Waals surface area contributed by atoms with Crippen LogP contribution >= 0.6 is 47.4 Å². The van der Waals surface area contributed by atoms with Crippen LogP contribution in [0.5, 0.6) is 0 Å². The van der Waals surface area contributed by atoms with Crippen LogP contribution in [0.25, 0.3) is 0 Å². The maximum atomic E-state index is 11.4. The van der Waals surface area contributed by atoms with Crippen LogP contribution in [0.3, 0.4) is 0 Å². The Hall–Kier alpha value is -0.130. The number of thioether (sulfide) groups is 1. The molecular weight excluding hydrogens is 315 g/mol. The number of carbonyl (C=O) groups excluding carboxylic acids is 1. The highest BCUT2D eigenvalue weighted by atomic mass is 35.5. The van der Waals surface area contributed by atoms with Crippen LogP contribution in [0.1, 0.15) is 6.42 Å². The Bertz CT molecular complexity index is 391. The van der Waals surface area contributed by atoms with Crippen molar-refractivity contribution < 1.29 is 4.79 Å². The molecule has 7 heteroatoms. The van der Waals surface area contributed by atoms with E-state index in [-0.39, 0.29) is 18.3 Å². The van der Waals surface area contributed by atoms with Gasteiger partial charge in [0.15, 0.2) is 0 Å². The van der Waals surface area contributed by atoms with Gasteiger partial charge in [0, 0.05) is 16.5 Å². The molecule has 0 atom stereocenters. The molecule has 0 aliphatic heterocycles. The van der Waals surface area contributed by atoms with Crippen molar-refractivity contribution in [2.24, 2.45) is 5.73 Å². The lowest BCUT2D eigenvalue weighted by molar-refractivity contribution is -0.118. The first kappa shape index (κ1) is 17.9. The van der Waals surface area contributed by atoms with Gasteiger partial charge in [-0.25, -0.2) is 0 Å². The maximum Gasteiger partial charge on any atom is 0.230 e. The molecule has 0 radical (unpaired) electrons. The summed E-state index contributed by atoms with van der Waals surface area (Å²) in [5.41, 5.74) is 5.33. The minimum atomic E-state index is -0.0282. The van der Waals surface area contributed by atoms with E-state index in [1.54, 1.807) is 18.2 Å². The molecule has 0 aliphatic carbocycles. The number of carbonyl (C=O) groups is 1. The summed E-state index contributed by atoms with van der Waals surface area (Å²) >= 11 is 13.2. The fraction of sp³-hybridized carbons (Fsp3) is 0.364. The SMILES string of the molecule is Cl.NCCCNC(=O)CSc1cc(Cl)ccc1Cl. The van der Waals surface area contributed by atoms with Gasteiger partial charge in [-0.2, -0.15) is 0 Å². The highest BCUT2D eigenvalue weighted by Crippen LogP contribution is 2.29. The molecule has 0 bridgehead atoms. The van der Waals surface area contributed by atoms with E-state index in [9.17, 15) is 4.79 Å². The van der Waals surface area contributed by atoms with E-state index in [1.807, 2.05) is 0 Å². The van der Waals surface area contributed by atoms with E-state index in [4.69, 9.17) is 28.9 Å². The Morgan fingerprint density at radius 1 is 1.39 bits per heavy atom. The Morgan fingerprint density at radius 2 is 2.11 bits per heavy atom. The van der Waals surface area contributed by atoms with Gasteiger partial charge in [0.1, 0.15) is 0 Å². The standard InChI is InChI=1S/C11H14Cl2N2OS.ClH/c12-8-2-3-9(13)10(6-8)17-7-11(16)15-5-1-4-14;/h2-3,6H,1,4-5,7,14H2,(H,15,16);1H. The van der Waals surface area contributed by atoms with Crippen molar-refractivity contribution in [1.82, 2.24) is 5.32 Å². The van der Waals surface area contributed by atoms with Crippen LogP contribution in [0.4, 0.5) is 0 Å². The molecule has 0 fully saturated rings. The van der Waals surface area contributed by atoms with Crippen molar-refractivity contribution in [3.8, 4) is 0 Å². The normalized spacial score (nSPS) is 9.72. The van der Waals surface area contributed by atoms with Crippen molar-refractivity contribution in [3.63, 3.8) is 0 Å². The van der Waals surface area contributed by atoms with Gasteiger partial charge in [-0.15, -0.1) is 24.2 Å². The number of benzene rings is 1. The third-order valence-electron chi connectivity index (χ3n) is 1.96. The Labute approximate surface area is 127 Å². The fourth-order valence-corrected chi connectivity index (χ4v) is 2.43. The summed E-state index contributed by atoms with van der Waals surface area (Å²) in [6.45, 7) is 1.19. The number of rotatable bonds is 6. The minimum Gasteiger partial charge on any atom is -0.355 e. The van der Waals surface area contributed by atoms with Crippen LogP contribution in [0, 0.1) is 0 Å². The van der Waals surface area contributed by atoms with E-state index in [0.717, 1.165) is 11.3 Å². The summed E-state index contributed by atoms with van der Waals surface area (Å²) in [5.74, 6) is 0.296. The number of hydrogen-bond acceptors (Lipinski definition) is 3. The van der Waals surface area contributed by atoms with Crippen LogP contribution in [-0.2, 0) is 4.79 Å².